The number of aromatic nitrogens is 2. The van der Waals surface area contributed by atoms with Gasteiger partial charge in [0.15, 0.2) is 0 Å². The van der Waals surface area contributed by atoms with Crippen molar-refractivity contribution in [3.05, 3.63) is 29.6 Å². The summed E-state index contributed by atoms with van der Waals surface area (Å²) in [5.41, 5.74) is 1.93. The quantitative estimate of drug-likeness (QED) is 0.758. The van der Waals surface area contributed by atoms with Crippen LogP contribution in [0.5, 0.6) is 0 Å². The third kappa shape index (κ3) is 5.13. The van der Waals surface area contributed by atoms with Gasteiger partial charge in [0.05, 0.1) is 0 Å². The summed E-state index contributed by atoms with van der Waals surface area (Å²) in [7, 11) is 0. The van der Waals surface area contributed by atoms with Gasteiger partial charge >= 0.3 is 0 Å². The minimum atomic E-state index is -0.144. The zero-order valence-corrected chi connectivity index (χ0v) is 13.6. The molecule has 1 aromatic rings. The third-order valence-corrected chi connectivity index (χ3v) is 3.99. The fraction of sp³-hybridized carbons (Fsp3) is 0.588. The molecule has 2 rings (SSSR count). The predicted octanol–water partition coefficient (Wildman–Crippen LogP) is 3.31. The second kappa shape index (κ2) is 8.51. The predicted molar refractivity (Wildman–Crippen MR) is 88.9 cm³/mol. The summed E-state index contributed by atoms with van der Waals surface area (Å²) in [6, 6.07) is 1.80. The van der Waals surface area contributed by atoms with Gasteiger partial charge in [0.2, 0.25) is 5.95 Å². The van der Waals surface area contributed by atoms with Gasteiger partial charge in [-0.05, 0) is 51.5 Å². The molecule has 0 aromatic carbocycles. The number of hydrogen-bond acceptors (Lipinski definition) is 4. The van der Waals surface area contributed by atoms with E-state index in [1.165, 1.54) is 31.3 Å². The van der Waals surface area contributed by atoms with E-state index in [0.717, 1.165) is 19.4 Å². The Labute approximate surface area is 132 Å². The minimum absolute atomic E-state index is 0.144. The molecule has 1 unspecified atom stereocenters. The van der Waals surface area contributed by atoms with E-state index < -0.39 is 0 Å². The Bertz CT molecular complexity index is 527. The Hall–Kier alpha value is -1.91. The summed E-state index contributed by atoms with van der Waals surface area (Å²) in [4.78, 5) is 20.5. The second-order valence-corrected chi connectivity index (χ2v) is 5.83. The van der Waals surface area contributed by atoms with Crippen LogP contribution in [0.25, 0.3) is 0 Å². The monoisotopic (exact) mass is 302 g/mol. The fourth-order valence-corrected chi connectivity index (χ4v) is 2.44. The summed E-state index contributed by atoms with van der Waals surface area (Å²) in [6.45, 7) is 4.83. The Kier molecular flexibility index (Phi) is 6.37. The molecule has 0 saturated heterocycles. The number of carbonyl (C=O) groups is 1. The molecule has 0 bridgehead atoms. The van der Waals surface area contributed by atoms with E-state index in [-0.39, 0.29) is 11.9 Å². The summed E-state index contributed by atoms with van der Waals surface area (Å²) >= 11 is 0. The lowest BCUT2D eigenvalue weighted by Crippen LogP contribution is -2.32. The molecule has 0 aliphatic heterocycles. The first-order chi connectivity index (χ1) is 10.7. The van der Waals surface area contributed by atoms with Crippen LogP contribution >= 0.6 is 0 Å². The molecule has 1 aromatic heterocycles. The molecule has 0 saturated carbocycles. The molecule has 1 aliphatic carbocycles. The molecular formula is C17H26N4O. The van der Waals surface area contributed by atoms with Crippen molar-refractivity contribution in [3.8, 4) is 0 Å². The van der Waals surface area contributed by atoms with Crippen molar-refractivity contribution in [2.45, 2.75) is 58.4 Å². The van der Waals surface area contributed by atoms with Gasteiger partial charge in [0.1, 0.15) is 5.69 Å². The van der Waals surface area contributed by atoms with Crippen LogP contribution in [0.3, 0.4) is 0 Å². The van der Waals surface area contributed by atoms with Crippen molar-refractivity contribution in [3.63, 3.8) is 0 Å². The number of anilines is 1. The number of rotatable bonds is 7. The molecule has 1 heterocycles. The first kappa shape index (κ1) is 16.5. The fourth-order valence-electron chi connectivity index (χ4n) is 2.44. The van der Waals surface area contributed by atoms with Crippen LogP contribution in [-0.2, 0) is 0 Å². The average Bonchev–Trinajstić information content (AvgIpc) is 2.56. The molecule has 22 heavy (non-hydrogen) atoms. The summed E-state index contributed by atoms with van der Waals surface area (Å²) < 4.78 is 0. The average molecular weight is 302 g/mol. The standard InChI is InChI=1S/C17H26N4O/c1-3-13(2)20-16(22)15-10-12-19-17(21-15)18-11-9-14-7-5-4-6-8-14/h7,10,12-13H,3-6,8-9,11H2,1-2H3,(H,20,22)(H,18,19,21). The maximum absolute atomic E-state index is 12.0. The van der Waals surface area contributed by atoms with Gasteiger partial charge in [0.25, 0.3) is 5.91 Å². The molecule has 0 radical (unpaired) electrons. The summed E-state index contributed by atoms with van der Waals surface area (Å²) in [6.07, 6.45) is 10.9. The van der Waals surface area contributed by atoms with Crippen molar-refractivity contribution >= 4 is 11.9 Å². The zero-order chi connectivity index (χ0) is 15.8. The minimum Gasteiger partial charge on any atom is -0.354 e. The largest absolute Gasteiger partial charge is 0.354 e. The van der Waals surface area contributed by atoms with E-state index in [9.17, 15) is 4.79 Å². The molecule has 0 fully saturated rings. The highest BCUT2D eigenvalue weighted by Crippen LogP contribution is 2.19. The first-order valence-electron chi connectivity index (χ1n) is 8.24. The van der Waals surface area contributed by atoms with Gasteiger partial charge in [-0.2, -0.15) is 0 Å². The van der Waals surface area contributed by atoms with E-state index in [0.29, 0.717) is 11.6 Å². The number of hydrogen-bond donors (Lipinski definition) is 2. The van der Waals surface area contributed by atoms with Crippen LogP contribution in [-0.4, -0.2) is 28.5 Å². The topological polar surface area (TPSA) is 66.9 Å². The van der Waals surface area contributed by atoms with E-state index in [1.807, 2.05) is 13.8 Å². The molecule has 1 aliphatic rings. The van der Waals surface area contributed by atoms with Crippen LogP contribution in [0.15, 0.2) is 23.9 Å². The first-order valence-corrected chi connectivity index (χ1v) is 8.24. The van der Waals surface area contributed by atoms with E-state index in [2.05, 4.69) is 26.7 Å². The highest BCUT2D eigenvalue weighted by molar-refractivity contribution is 5.92. The Morgan fingerprint density at radius 3 is 3.00 bits per heavy atom. The molecule has 5 heteroatoms. The number of carbonyl (C=O) groups excluding carboxylic acids is 1. The van der Waals surface area contributed by atoms with Gasteiger partial charge in [-0.3, -0.25) is 4.79 Å². The molecule has 2 N–H and O–H groups in total. The third-order valence-electron chi connectivity index (χ3n) is 3.99. The molecule has 1 atom stereocenters. The normalized spacial score (nSPS) is 15.8. The maximum Gasteiger partial charge on any atom is 0.270 e. The van der Waals surface area contributed by atoms with E-state index in [4.69, 9.17) is 0 Å². The van der Waals surface area contributed by atoms with Crippen molar-refractivity contribution in [2.75, 3.05) is 11.9 Å². The van der Waals surface area contributed by atoms with Gasteiger partial charge in [-0.25, -0.2) is 9.97 Å². The lowest BCUT2D eigenvalue weighted by atomic mass is 9.97. The van der Waals surface area contributed by atoms with Crippen LogP contribution in [0.2, 0.25) is 0 Å². The van der Waals surface area contributed by atoms with Crippen molar-refractivity contribution in [1.82, 2.24) is 15.3 Å². The van der Waals surface area contributed by atoms with Gasteiger partial charge in [-0.15, -0.1) is 0 Å². The Balaban J connectivity index is 1.85. The Morgan fingerprint density at radius 2 is 2.27 bits per heavy atom. The molecule has 1 amide bonds. The molecular weight excluding hydrogens is 276 g/mol. The van der Waals surface area contributed by atoms with E-state index >= 15 is 0 Å². The summed E-state index contributed by atoms with van der Waals surface area (Å²) in [5.74, 6) is 0.378. The number of amides is 1. The van der Waals surface area contributed by atoms with Crippen LogP contribution in [0.1, 0.15) is 62.9 Å². The highest BCUT2D eigenvalue weighted by Gasteiger charge is 2.11. The SMILES string of the molecule is CCC(C)NC(=O)c1ccnc(NCCC2=CCCCC2)n1. The molecule has 5 nitrogen and oxygen atoms in total. The van der Waals surface area contributed by atoms with Crippen molar-refractivity contribution in [2.24, 2.45) is 0 Å². The smallest absolute Gasteiger partial charge is 0.270 e. The second-order valence-electron chi connectivity index (χ2n) is 5.83. The maximum atomic E-state index is 12.0. The zero-order valence-electron chi connectivity index (χ0n) is 13.6. The van der Waals surface area contributed by atoms with Crippen LogP contribution in [0.4, 0.5) is 5.95 Å². The summed E-state index contributed by atoms with van der Waals surface area (Å²) in [5, 5.41) is 6.13. The lowest BCUT2D eigenvalue weighted by Gasteiger charge is -2.13. The molecule has 0 spiro atoms. The molecule has 120 valence electrons. The van der Waals surface area contributed by atoms with Crippen LogP contribution in [0, 0.1) is 0 Å². The highest BCUT2D eigenvalue weighted by atomic mass is 16.1. The van der Waals surface area contributed by atoms with Gasteiger partial charge in [-0.1, -0.05) is 18.6 Å². The lowest BCUT2D eigenvalue weighted by molar-refractivity contribution is 0.0934. The Morgan fingerprint density at radius 1 is 1.41 bits per heavy atom. The van der Waals surface area contributed by atoms with Crippen molar-refractivity contribution in [1.29, 1.82) is 0 Å². The van der Waals surface area contributed by atoms with E-state index in [1.54, 1.807) is 12.3 Å². The van der Waals surface area contributed by atoms with Crippen LogP contribution < -0.4 is 10.6 Å². The number of allylic oxidation sites excluding steroid dienone is 1. The number of nitrogens with one attached hydrogen (secondary N) is 2. The number of nitrogens with zero attached hydrogens (tertiary/aromatic N) is 2. The van der Waals surface area contributed by atoms with Gasteiger partial charge in [0, 0.05) is 18.8 Å². The van der Waals surface area contributed by atoms with Gasteiger partial charge < -0.3 is 10.6 Å². The van der Waals surface area contributed by atoms with Crippen molar-refractivity contribution < 1.29 is 4.79 Å².